The van der Waals surface area contributed by atoms with Crippen molar-refractivity contribution >= 4 is 39.1 Å². The van der Waals surface area contributed by atoms with Crippen LogP contribution >= 0.6 is 11.3 Å². The SMILES string of the molecule is O=C(CCNS(=O)(=O)c1cccs1)OCCN1C(=O)c2ccccc2C1=O. The number of hydrogen-bond donors (Lipinski definition) is 1. The summed E-state index contributed by atoms with van der Waals surface area (Å²) < 4.78 is 31.3. The average molecular weight is 408 g/mol. The first-order valence-electron chi connectivity index (χ1n) is 8.04. The molecule has 0 saturated heterocycles. The molecule has 2 heterocycles. The Morgan fingerprint density at radius 1 is 1.07 bits per heavy atom. The Morgan fingerprint density at radius 3 is 2.33 bits per heavy atom. The first-order valence-corrected chi connectivity index (χ1v) is 10.4. The lowest BCUT2D eigenvalue weighted by molar-refractivity contribution is -0.143. The van der Waals surface area contributed by atoms with Crippen molar-refractivity contribution < 1.29 is 27.5 Å². The summed E-state index contributed by atoms with van der Waals surface area (Å²) in [5.41, 5.74) is 0.661. The second-order valence-corrected chi connectivity index (χ2v) is 8.55. The van der Waals surface area contributed by atoms with Crippen molar-refractivity contribution in [2.75, 3.05) is 19.7 Å². The Bertz CT molecular complexity index is 934. The molecule has 8 nitrogen and oxygen atoms in total. The number of hydrogen-bond acceptors (Lipinski definition) is 7. The van der Waals surface area contributed by atoms with Gasteiger partial charge in [0.05, 0.1) is 24.1 Å². The number of carbonyl (C=O) groups excluding carboxylic acids is 3. The first-order chi connectivity index (χ1) is 12.9. The molecule has 1 aromatic heterocycles. The van der Waals surface area contributed by atoms with Crippen LogP contribution in [0.15, 0.2) is 46.0 Å². The van der Waals surface area contributed by atoms with Crippen LogP contribution in [0.3, 0.4) is 0 Å². The number of ether oxygens (including phenoxy) is 1. The molecule has 0 bridgehead atoms. The second kappa shape index (κ2) is 7.99. The molecular weight excluding hydrogens is 392 g/mol. The number of fused-ring (bicyclic) bond motifs is 1. The van der Waals surface area contributed by atoms with E-state index in [1.54, 1.807) is 35.7 Å². The number of carbonyl (C=O) groups is 3. The maximum absolute atomic E-state index is 12.2. The Morgan fingerprint density at radius 2 is 1.74 bits per heavy atom. The van der Waals surface area contributed by atoms with Crippen LogP contribution < -0.4 is 4.72 Å². The number of sulfonamides is 1. The van der Waals surface area contributed by atoms with E-state index in [1.165, 1.54) is 6.07 Å². The lowest BCUT2D eigenvalue weighted by atomic mass is 10.1. The molecule has 1 aromatic carbocycles. The van der Waals surface area contributed by atoms with E-state index in [1.807, 2.05) is 0 Å². The number of imide groups is 1. The van der Waals surface area contributed by atoms with E-state index in [-0.39, 0.29) is 30.3 Å². The van der Waals surface area contributed by atoms with Gasteiger partial charge in [-0.15, -0.1) is 11.3 Å². The standard InChI is InChI=1S/C17H16N2O6S2/c20-14(7-8-18-27(23,24)15-6-3-11-26-15)25-10-9-19-16(21)12-4-1-2-5-13(12)17(19)22/h1-6,11,18H,7-10H2. The van der Waals surface area contributed by atoms with Crippen LogP contribution in [0.2, 0.25) is 0 Å². The molecule has 0 atom stereocenters. The Hall–Kier alpha value is -2.56. The fourth-order valence-corrected chi connectivity index (χ4v) is 4.61. The average Bonchev–Trinajstić information content (AvgIpc) is 3.26. The van der Waals surface area contributed by atoms with Crippen LogP contribution in [-0.2, 0) is 19.6 Å². The minimum Gasteiger partial charge on any atom is -0.464 e. The van der Waals surface area contributed by atoms with Gasteiger partial charge < -0.3 is 4.74 Å². The van der Waals surface area contributed by atoms with Crippen LogP contribution in [-0.4, -0.2) is 50.8 Å². The second-order valence-electron chi connectivity index (χ2n) is 5.61. The van der Waals surface area contributed by atoms with E-state index < -0.39 is 27.8 Å². The predicted octanol–water partition coefficient (Wildman–Crippen LogP) is 1.26. The molecule has 1 N–H and O–H groups in total. The molecule has 0 unspecified atom stereocenters. The molecule has 2 aromatic rings. The Balaban J connectivity index is 1.42. The number of thiophene rings is 1. The van der Waals surface area contributed by atoms with E-state index in [4.69, 9.17) is 4.74 Å². The number of nitrogens with one attached hydrogen (secondary N) is 1. The van der Waals surface area contributed by atoms with E-state index in [9.17, 15) is 22.8 Å². The summed E-state index contributed by atoms with van der Waals surface area (Å²) in [6.07, 6.45) is -0.160. The normalized spacial score (nSPS) is 13.7. The highest BCUT2D eigenvalue weighted by molar-refractivity contribution is 7.91. The number of rotatable bonds is 8. The van der Waals surface area contributed by atoms with E-state index in [0.29, 0.717) is 11.1 Å². The summed E-state index contributed by atoms with van der Waals surface area (Å²) in [4.78, 5) is 37.1. The summed E-state index contributed by atoms with van der Waals surface area (Å²) in [7, 11) is -3.63. The van der Waals surface area contributed by atoms with Crippen LogP contribution in [0.5, 0.6) is 0 Å². The third-order valence-corrected chi connectivity index (χ3v) is 6.70. The molecule has 1 aliphatic rings. The fourth-order valence-electron chi connectivity index (χ4n) is 2.54. The van der Waals surface area contributed by atoms with Gasteiger partial charge in [0, 0.05) is 6.54 Å². The largest absolute Gasteiger partial charge is 0.464 e. The molecule has 0 aliphatic carbocycles. The van der Waals surface area contributed by atoms with Gasteiger partial charge in [-0.1, -0.05) is 18.2 Å². The molecule has 3 rings (SSSR count). The van der Waals surface area contributed by atoms with Gasteiger partial charge in [0.2, 0.25) is 10.0 Å². The van der Waals surface area contributed by atoms with E-state index in [0.717, 1.165) is 16.2 Å². The van der Waals surface area contributed by atoms with E-state index in [2.05, 4.69) is 4.72 Å². The topological polar surface area (TPSA) is 110 Å². The zero-order valence-corrected chi connectivity index (χ0v) is 15.7. The zero-order valence-electron chi connectivity index (χ0n) is 14.1. The number of amides is 2. The quantitative estimate of drug-likeness (QED) is 0.520. The molecule has 0 spiro atoms. The zero-order chi connectivity index (χ0) is 19.4. The van der Waals surface area contributed by atoms with Crippen molar-refractivity contribution in [3.8, 4) is 0 Å². The first kappa shape index (κ1) is 19.2. The summed E-state index contributed by atoms with van der Waals surface area (Å²) in [6, 6.07) is 9.57. The molecule has 10 heteroatoms. The Labute approximate surface area is 159 Å². The predicted molar refractivity (Wildman–Crippen MR) is 96.9 cm³/mol. The van der Waals surface area contributed by atoms with Gasteiger partial charge >= 0.3 is 5.97 Å². The molecule has 0 fully saturated rings. The molecule has 142 valence electrons. The van der Waals surface area contributed by atoms with Gasteiger partial charge in [-0.25, -0.2) is 13.1 Å². The molecule has 0 saturated carbocycles. The third kappa shape index (κ3) is 4.24. The van der Waals surface area contributed by atoms with Crippen LogP contribution in [0.4, 0.5) is 0 Å². The monoisotopic (exact) mass is 408 g/mol. The lowest BCUT2D eigenvalue weighted by Gasteiger charge is -2.13. The van der Waals surface area contributed by atoms with Crippen molar-refractivity contribution in [1.82, 2.24) is 9.62 Å². The number of esters is 1. The van der Waals surface area contributed by atoms with Crippen molar-refractivity contribution in [3.05, 3.63) is 52.9 Å². The minimum atomic E-state index is -3.63. The van der Waals surface area contributed by atoms with E-state index >= 15 is 0 Å². The number of nitrogens with zero attached hydrogens (tertiary/aromatic N) is 1. The summed E-state index contributed by atoms with van der Waals surface area (Å²) in [5, 5.41) is 1.64. The molecular formula is C17H16N2O6S2. The van der Waals surface area contributed by atoms with Crippen molar-refractivity contribution in [1.29, 1.82) is 0 Å². The summed E-state index contributed by atoms with van der Waals surface area (Å²) >= 11 is 1.08. The smallest absolute Gasteiger partial charge is 0.307 e. The molecule has 0 radical (unpaired) electrons. The highest BCUT2D eigenvalue weighted by Gasteiger charge is 2.34. The van der Waals surface area contributed by atoms with Crippen molar-refractivity contribution in [2.45, 2.75) is 10.6 Å². The highest BCUT2D eigenvalue weighted by atomic mass is 32.2. The molecule has 1 aliphatic heterocycles. The fraction of sp³-hybridized carbons (Fsp3) is 0.235. The lowest BCUT2D eigenvalue weighted by Crippen LogP contribution is -2.33. The Kier molecular flexibility index (Phi) is 5.68. The van der Waals surface area contributed by atoms with Crippen LogP contribution in [0.1, 0.15) is 27.1 Å². The number of benzene rings is 1. The van der Waals surface area contributed by atoms with Gasteiger partial charge in [-0.05, 0) is 23.6 Å². The van der Waals surface area contributed by atoms with Gasteiger partial charge in [-0.2, -0.15) is 0 Å². The van der Waals surface area contributed by atoms with Gasteiger partial charge in [-0.3, -0.25) is 19.3 Å². The minimum absolute atomic E-state index is 0.0565. The third-order valence-electron chi connectivity index (χ3n) is 3.84. The maximum atomic E-state index is 12.2. The summed E-state index contributed by atoms with van der Waals surface area (Å²) in [6.45, 7) is -0.312. The van der Waals surface area contributed by atoms with Crippen molar-refractivity contribution in [2.24, 2.45) is 0 Å². The maximum Gasteiger partial charge on any atom is 0.307 e. The van der Waals surface area contributed by atoms with Gasteiger partial charge in [0.1, 0.15) is 10.8 Å². The highest BCUT2D eigenvalue weighted by Crippen LogP contribution is 2.21. The molecule has 27 heavy (non-hydrogen) atoms. The van der Waals surface area contributed by atoms with Crippen molar-refractivity contribution in [3.63, 3.8) is 0 Å². The molecule has 2 amide bonds. The van der Waals surface area contributed by atoms with Crippen LogP contribution in [0, 0.1) is 0 Å². The van der Waals surface area contributed by atoms with Gasteiger partial charge in [0.25, 0.3) is 11.8 Å². The summed E-state index contributed by atoms with van der Waals surface area (Å²) in [5.74, 6) is -1.47. The van der Waals surface area contributed by atoms with Crippen LogP contribution in [0.25, 0.3) is 0 Å². The van der Waals surface area contributed by atoms with Gasteiger partial charge in [0.15, 0.2) is 0 Å².